The fourth-order valence-corrected chi connectivity index (χ4v) is 3.11. The number of nitrogens with two attached hydrogens (primary N) is 1. The molecule has 2 N–H and O–H groups in total. The molecule has 1 aromatic heterocycles. The van der Waals surface area contributed by atoms with Gasteiger partial charge >= 0.3 is 0 Å². The number of hydrogen-bond donors (Lipinski definition) is 1. The number of ether oxygens (including phenoxy) is 1. The van der Waals surface area contributed by atoms with Crippen LogP contribution in [0.5, 0.6) is 5.75 Å². The Bertz CT molecular complexity index is 841. The Kier molecular flexibility index (Phi) is 5.63. The molecule has 1 aliphatic heterocycles. The standard InChI is InChI=1S/C19H21FN4O3/c1-12-16(18(21)26)9-22-19(23-12)13-3-2-8-24(10-13)17(25)11-27-15-6-4-14(20)5-7-15/h4-7,9,13H,2-3,8,10-11H2,1H3,(H2,21,26)/t13-/m0/s1. The molecule has 3 rings (SSSR count). The summed E-state index contributed by atoms with van der Waals surface area (Å²) in [7, 11) is 0. The Morgan fingerprint density at radius 1 is 1.33 bits per heavy atom. The molecule has 142 valence electrons. The van der Waals surface area contributed by atoms with Crippen LogP contribution >= 0.6 is 0 Å². The lowest BCUT2D eigenvalue weighted by Gasteiger charge is -2.32. The van der Waals surface area contributed by atoms with E-state index in [1.165, 1.54) is 30.5 Å². The summed E-state index contributed by atoms with van der Waals surface area (Å²) in [5, 5.41) is 0. The lowest BCUT2D eigenvalue weighted by Crippen LogP contribution is -2.42. The summed E-state index contributed by atoms with van der Waals surface area (Å²) >= 11 is 0. The second-order valence-electron chi connectivity index (χ2n) is 6.51. The van der Waals surface area contributed by atoms with E-state index in [0.717, 1.165) is 12.8 Å². The third-order valence-corrected chi connectivity index (χ3v) is 4.58. The van der Waals surface area contributed by atoms with Crippen molar-refractivity contribution in [2.45, 2.75) is 25.7 Å². The third kappa shape index (κ3) is 4.58. The summed E-state index contributed by atoms with van der Waals surface area (Å²) in [4.78, 5) is 34.1. The quantitative estimate of drug-likeness (QED) is 0.863. The van der Waals surface area contributed by atoms with E-state index in [-0.39, 0.29) is 24.2 Å². The maximum absolute atomic E-state index is 12.9. The van der Waals surface area contributed by atoms with Gasteiger partial charge in [0.15, 0.2) is 6.61 Å². The number of rotatable bonds is 5. The van der Waals surface area contributed by atoms with Crippen molar-refractivity contribution in [3.63, 3.8) is 0 Å². The Labute approximate surface area is 156 Å². The van der Waals surface area contributed by atoms with E-state index in [4.69, 9.17) is 10.5 Å². The van der Waals surface area contributed by atoms with Crippen LogP contribution in [0.15, 0.2) is 30.5 Å². The van der Waals surface area contributed by atoms with Gasteiger partial charge in [-0.15, -0.1) is 0 Å². The Hall–Kier alpha value is -3.03. The fraction of sp³-hybridized carbons (Fsp3) is 0.368. The maximum Gasteiger partial charge on any atom is 0.260 e. The molecule has 0 spiro atoms. The van der Waals surface area contributed by atoms with Gasteiger partial charge in [0.05, 0.1) is 11.3 Å². The number of amides is 2. The topological polar surface area (TPSA) is 98.4 Å². The van der Waals surface area contributed by atoms with Crippen LogP contribution < -0.4 is 10.5 Å². The van der Waals surface area contributed by atoms with Gasteiger partial charge in [0.25, 0.3) is 11.8 Å². The van der Waals surface area contributed by atoms with Gasteiger partial charge in [-0.1, -0.05) is 0 Å². The predicted molar refractivity (Wildman–Crippen MR) is 95.7 cm³/mol. The molecule has 27 heavy (non-hydrogen) atoms. The molecule has 2 heterocycles. The highest BCUT2D eigenvalue weighted by atomic mass is 19.1. The van der Waals surface area contributed by atoms with Crippen LogP contribution in [0.3, 0.4) is 0 Å². The number of nitrogens with zero attached hydrogens (tertiary/aromatic N) is 3. The molecule has 1 saturated heterocycles. The van der Waals surface area contributed by atoms with Crippen molar-refractivity contribution in [3.8, 4) is 5.75 Å². The molecule has 0 aliphatic carbocycles. The zero-order valence-corrected chi connectivity index (χ0v) is 15.0. The minimum Gasteiger partial charge on any atom is -0.484 e. The van der Waals surface area contributed by atoms with Gasteiger partial charge < -0.3 is 15.4 Å². The first-order valence-corrected chi connectivity index (χ1v) is 8.73. The number of carbonyl (C=O) groups excluding carboxylic acids is 2. The first-order valence-electron chi connectivity index (χ1n) is 8.73. The fourth-order valence-electron chi connectivity index (χ4n) is 3.11. The van der Waals surface area contributed by atoms with Crippen LogP contribution in [0.4, 0.5) is 4.39 Å². The number of benzene rings is 1. The number of primary amides is 1. The zero-order chi connectivity index (χ0) is 19.4. The van der Waals surface area contributed by atoms with E-state index < -0.39 is 5.91 Å². The van der Waals surface area contributed by atoms with Gasteiger partial charge in [0, 0.05) is 25.2 Å². The molecule has 0 bridgehead atoms. The largest absolute Gasteiger partial charge is 0.484 e. The van der Waals surface area contributed by atoms with E-state index in [9.17, 15) is 14.0 Å². The molecule has 8 heteroatoms. The zero-order valence-electron chi connectivity index (χ0n) is 15.0. The Morgan fingerprint density at radius 3 is 2.74 bits per heavy atom. The minimum atomic E-state index is -0.558. The van der Waals surface area contributed by atoms with Crippen molar-refractivity contribution in [3.05, 3.63) is 53.4 Å². The molecule has 0 radical (unpaired) electrons. The minimum absolute atomic E-state index is 0.00542. The first-order chi connectivity index (χ1) is 12.9. The monoisotopic (exact) mass is 372 g/mol. The number of carbonyl (C=O) groups is 2. The van der Waals surface area contributed by atoms with Crippen molar-refractivity contribution < 1.29 is 18.7 Å². The molecule has 1 aromatic carbocycles. The van der Waals surface area contributed by atoms with Crippen LogP contribution in [-0.4, -0.2) is 46.4 Å². The number of halogens is 1. The second-order valence-corrected chi connectivity index (χ2v) is 6.51. The second kappa shape index (κ2) is 8.11. The maximum atomic E-state index is 12.9. The van der Waals surface area contributed by atoms with Gasteiger partial charge in [0.1, 0.15) is 17.4 Å². The molecular formula is C19H21FN4O3. The predicted octanol–water partition coefficient (Wildman–Crippen LogP) is 1.81. The highest BCUT2D eigenvalue weighted by Crippen LogP contribution is 2.25. The molecule has 7 nitrogen and oxygen atoms in total. The normalized spacial score (nSPS) is 16.8. The van der Waals surface area contributed by atoms with Gasteiger partial charge in [-0.25, -0.2) is 14.4 Å². The van der Waals surface area contributed by atoms with Crippen molar-refractivity contribution in [1.29, 1.82) is 0 Å². The number of piperidine rings is 1. The Balaban J connectivity index is 1.61. The van der Waals surface area contributed by atoms with Gasteiger partial charge in [0.2, 0.25) is 0 Å². The summed E-state index contributed by atoms with van der Waals surface area (Å²) in [5.74, 6) is -0.0138. The van der Waals surface area contributed by atoms with Crippen molar-refractivity contribution in [1.82, 2.24) is 14.9 Å². The summed E-state index contributed by atoms with van der Waals surface area (Å²) in [6, 6.07) is 5.54. The Morgan fingerprint density at radius 2 is 2.07 bits per heavy atom. The summed E-state index contributed by atoms with van der Waals surface area (Å²) in [6.45, 7) is 2.73. The van der Waals surface area contributed by atoms with E-state index >= 15 is 0 Å². The average Bonchev–Trinajstić information content (AvgIpc) is 2.67. The number of aromatic nitrogens is 2. The summed E-state index contributed by atoms with van der Waals surface area (Å²) in [6.07, 6.45) is 3.13. The molecule has 2 aromatic rings. The van der Waals surface area contributed by atoms with Gasteiger partial charge in [-0.2, -0.15) is 0 Å². The van der Waals surface area contributed by atoms with Gasteiger partial charge in [-0.05, 0) is 44.0 Å². The molecule has 2 amide bonds. The highest BCUT2D eigenvalue weighted by molar-refractivity contribution is 5.93. The highest BCUT2D eigenvalue weighted by Gasteiger charge is 2.27. The van der Waals surface area contributed by atoms with E-state index in [0.29, 0.717) is 35.9 Å². The molecule has 0 unspecified atom stereocenters. The van der Waals surface area contributed by atoms with Crippen molar-refractivity contribution in [2.24, 2.45) is 5.73 Å². The first kappa shape index (κ1) is 18.8. The molecule has 1 fully saturated rings. The van der Waals surface area contributed by atoms with Gasteiger partial charge in [-0.3, -0.25) is 9.59 Å². The summed E-state index contributed by atoms with van der Waals surface area (Å²) < 4.78 is 18.3. The van der Waals surface area contributed by atoms with Crippen LogP contribution in [0.2, 0.25) is 0 Å². The third-order valence-electron chi connectivity index (χ3n) is 4.58. The van der Waals surface area contributed by atoms with E-state index in [1.807, 2.05) is 0 Å². The number of hydrogen-bond acceptors (Lipinski definition) is 5. The number of likely N-dealkylation sites (tertiary alicyclic amines) is 1. The smallest absolute Gasteiger partial charge is 0.260 e. The summed E-state index contributed by atoms with van der Waals surface area (Å²) in [5.41, 5.74) is 6.13. The van der Waals surface area contributed by atoms with Crippen molar-refractivity contribution >= 4 is 11.8 Å². The van der Waals surface area contributed by atoms with Crippen molar-refractivity contribution in [2.75, 3.05) is 19.7 Å². The van der Waals surface area contributed by atoms with Crippen LogP contribution in [0, 0.1) is 12.7 Å². The SMILES string of the molecule is Cc1nc([C@H]2CCCN(C(=O)COc3ccc(F)cc3)C2)ncc1C(N)=O. The average molecular weight is 372 g/mol. The van der Waals surface area contributed by atoms with E-state index in [2.05, 4.69) is 9.97 Å². The lowest BCUT2D eigenvalue weighted by molar-refractivity contribution is -0.134. The molecular weight excluding hydrogens is 351 g/mol. The lowest BCUT2D eigenvalue weighted by atomic mass is 9.97. The van der Waals surface area contributed by atoms with E-state index in [1.54, 1.807) is 11.8 Å². The number of aryl methyl sites for hydroxylation is 1. The van der Waals surface area contributed by atoms with Crippen LogP contribution in [-0.2, 0) is 4.79 Å². The van der Waals surface area contributed by atoms with Crippen LogP contribution in [0.25, 0.3) is 0 Å². The molecule has 1 atom stereocenters. The molecule has 1 aliphatic rings. The molecule has 0 saturated carbocycles. The van der Waals surface area contributed by atoms with Crippen LogP contribution in [0.1, 0.15) is 40.6 Å².